The minimum Gasteiger partial charge on any atom is -0.870 e. The van der Waals surface area contributed by atoms with Crippen LogP contribution in [-0.2, 0) is 4.79 Å². The second-order valence-electron chi connectivity index (χ2n) is 6.84. The topological polar surface area (TPSA) is 117 Å². The van der Waals surface area contributed by atoms with Crippen LogP contribution in [0.4, 0.5) is 0 Å². The zero-order valence-corrected chi connectivity index (χ0v) is 19.5. The van der Waals surface area contributed by atoms with Gasteiger partial charge >= 0.3 is 5.16 Å². The summed E-state index contributed by atoms with van der Waals surface area (Å²) in [6.45, 7) is 0. The number of aromatic nitrogens is 3. The molecule has 0 saturated heterocycles. The molecule has 4 rings (SSSR count). The number of nitrogens with zero attached hydrogens (tertiary/aromatic N) is 3. The van der Waals surface area contributed by atoms with Gasteiger partial charge in [0.2, 0.25) is 0 Å². The van der Waals surface area contributed by atoms with Crippen molar-refractivity contribution < 1.29 is 19.6 Å². The van der Waals surface area contributed by atoms with Gasteiger partial charge in [-0.05, 0) is 59.8 Å². The van der Waals surface area contributed by atoms with Crippen LogP contribution in [0.15, 0.2) is 87.5 Å². The summed E-state index contributed by atoms with van der Waals surface area (Å²) in [4.78, 5) is 12.3. The van der Waals surface area contributed by atoms with E-state index in [1.807, 2.05) is 59.2 Å². The molecule has 8 nitrogen and oxygen atoms in total. The molecule has 1 heterocycles. The molecule has 0 fully saturated rings. The number of benzene rings is 3. The van der Waals surface area contributed by atoms with E-state index >= 15 is 0 Å². The van der Waals surface area contributed by atoms with Crippen LogP contribution in [0.3, 0.4) is 0 Å². The molecule has 0 atom stereocenters. The molecule has 0 aliphatic rings. The van der Waals surface area contributed by atoms with Crippen LogP contribution in [0.2, 0.25) is 0 Å². The van der Waals surface area contributed by atoms with Crippen molar-refractivity contribution in [2.45, 2.75) is 5.16 Å². The Labute approximate surface area is 202 Å². The number of carbonyl (C=O) groups is 1. The van der Waals surface area contributed by atoms with Crippen LogP contribution in [0.25, 0.3) is 17.1 Å². The maximum absolute atomic E-state index is 12.3. The molecule has 0 bridgehead atoms. The number of nitrogens with one attached hydrogen (secondary N) is 2. The second kappa shape index (κ2) is 10.3. The predicted molar refractivity (Wildman–Crippen MR) is 127 cm³/mol. The summed E-state index contributed by atoms with van der Waals surface area (Å²) >= 11 is 4.72. The monoisotopic (exact) mass is 523 g/mol. The van der Waals surface area contributed by atoms with E-state index in [1.165, 1.54) is 36.2 Å². The average molecular weight is 524 g/mol. The molecule has 4 aromatic rings. The molecule has 1 amide bonds. The number of thioether (sulfide) groups is 1. The van der Waals surface area contributed by atoms with Crippen molar-refractivity contribution in [3.8, 4) is 28.6 Å². The van der Waals surface area contributed by atoms with Crippen molar-refractivity contribution in [3.05, 3.63) is 82.8 Å². The number of hydrogen-bond donors (Lipinski definition) is 3. The fraction of sp³-hybridized carbons (Fsp3) is 0.0435. The zero-order valence-electron chi connectivity index (χ0n) is 17.1. The minimum atomic E-state index is -0.472. The van der Waals surface area contributed by atoms with E-state index in [-0.39, 0.29) is 17.4 Å². The van der Waals surface area contributed by atoms with Gasteiger partial charge in [-0.3, -0.25) is 4.79 Å². The summed E-state index contributed by atoms with van der Waals surface area (Å²) in [6, 6.07) is 21.6. The molecule has 0 unspecified atom stereocenters. The average Bonchev–Trinajstić information content (AvgIpc) is 3.25. The number of H-pyrrole nitrogens is 1. The van der Waals surface area contributed by atoms with Crippen LogP contribution >= 0.6 is 27.7 Å². The van der Waals surface area contributed by atoms with Crippen molar-refractivity contribution in [1.29, 1.82) is 0 Å². The zero-order chi connectivity index (χ0) is 23.2. The Kier molecular flexibility index (Phi) is 7.06. The smallest absolute Gasteiger partial charge is 0.342 e. The van der Waals surface area contributed by atoms with Gasteiger partial charge in [0.25, 0.3) is 11.7 Å². The fourth-order valence-corrected chi connectivity index (χ4v) is 3.99. The fourth-order valence-electron chi connectivity index (χ4n) is 2.97. The Balaban J connectivity index is 1.49. The normalized spacial score (nSPS) is 11.1. The lowest BCUT2D eigenvalue weighted by Gasteiger charge is -2.07. The van der Waals surface area contributed by atoms with E-state index in [0.29, 0.717) is 10.7 Å². The standard InChI is InChI=1S/C23H18BrN5O3S/c24-17-7-9-18(10-8-17)29-22(16-4-2-1-3-5-16)27-28-23(29)33-14-21(32)26-25-13-15-6-11-19(30)20(31)12-15/h1-13H,14H2,(H3,25,26,30,31,32). The van der Waals surface area contributed by atoms with Gasteiger partial charge in [-0.1, -0.05) is 52.0 Å². The highest BCUT2D eigenvalue weighted by Crippen LogP contribution is 2.22. The summed E-state index contributed by atoms with van der Waals surface area (Å²) in [5, 5.41) is 32.7. The first-order chi connectivity index (χ1) is 16.0. The van der Waals surface area contributed by atoms with E-state index in [2.05, 4.69) is 36.7 Å². The Morgan fingerprint density at radius 2 is 1.94 bits per heavy atom. The van der Waals surface area contributed by atoms with Gasteiger partial charge < -0.3 is 10.2 Å². The Hall–Kier alpha value is -3.63. The van der Waals surface area contributed by atoms with Gasteiger partial charge in [-0.15, -0.1) is 5.10 Å². The Morgan fingerprint density at radius 3 is 2.67 bits per heavy atom. The van der Waals surface area contributed by atoms with Crippen LogP contribution in [0.1, 0.15) is 5.56 Å². The number of phenolic OH excluding ortho intramolecular Hbond substituents is 1. The lowest BCUT2D eigenvalue weighted by molar-refractivity contribution is -0.625. The summed E-state index contributed by atoms with van der Waals surface area (Å²) < 4.78 is 2.91. The predicted octanol–water partition coefficient (Wildman–Crippen LogP) is 3.14. The van der Waals surface area contributed by atoms with Gasteiger partial charge in [0.05, 0.1) is 22.6 Å². The quantitative estimate of drug-likeness (QED) is 0.149. The number of hydrogen-bond acceptors (Lipinski definition) is 6. The molecule has 10 heteroatoms. The Morgan fingerprint density at radius 1 is 1.18 bits per heavy atom. The summed E-state index contributed by atoms with van der Waals surface area (Å²) in [7, 11) is 0. The van der Waals surface area contributed by atoms with Crippen LogP contribution in [0.5, 0.6) is 11.5 Å². The van der Waals surface area contributed by atoms with Crippen molar-refractivity contribution in [3.63, 3.8) is 0 Å². The third-order valence-corrected chi connectivity index (χ3v) is 5.99. The summed E-state index contributed by atoms with van der Waals surface area (Å²) in [5.41, 5.74) is 4.79. The van der Waals surface area contributed by atoms with Crippen LogP contribution in [0, 0.1) is 0 Å². The van der Waals surface area contributed by atoms with E-state index in [1.54, 1.807) is 0 Å². The summed E-state index contributed by atoms with van der Waals surface area (Å²) in [6.07, 6.45) is 1.35. The molecule has 3 N–H and O–H groups in total. The van der Waals surface area contributed by atoms with Gasteiger partial charge in [0.1, 0.15) is 11.4 Å². The maximum Gasteiger partial charge on any atom is 0.342 e. The maximum atomic E-state index is 12.3. The van der Waals surface area contributed by atoms with Crippen molar-refractivity contribution in [2.75, 3.05) is 5.75 Å². The molecule has 3 aromatic carbocycles. The first-order valence-corrected chi connectivity index (χ1v) is 11.6. The second-order valence-corrected chi connectivity index (χ2v) is 8.70. The first kappa shape index (κ1) is 22.6. The van der Waals surface area contributed by atoms with Crippen molar-refractivity contribution in [2.24, 2.45) is 5.10 Å². The third kappa shape index (κ3) is 5.60. The molecule has 1 aromatic heterocycles. The molecular weight excluding hydrogens is 506 g/mol. The lowest BCUT2D eigenvalue weighted by atomic mass is 10.2. The van der Waals surface area contributed by atoms with Crippen molar-refractivity contribution in [1.82, 2.24) is 15.6 Å². The molecular formula is C23H18BrN5O3S. The first-order valence-electron chi connectivity index (χ1n) is 9.78. The molecule has 0 aliphatic heterocycles. The van der Waals surface area contributed by atoms with E-state index < -0.39 is 5.75 Å². The van der Waals surface area contributed by atoms with Crippen LogP contribution < -0.4 is 15.1 Å². The number of aromatic amines is 1. The van der Waals surface area contributed by atoms with E-state index in [9.17, 15) is 15.0 Å². The number of phenols is 1. The third-order valence-electron chi connectivity index (χ3n) is 4.52. The number of hydrazone groups is 1. The largest absolute Gasteiger partial charge is 0.870 e. The van der Waals surface area contributed by atoms with Crippen LogP contribution in [-0.4, -0.2) is 33.2 Å². The van der Waals surface area contributed by atoms with Gasteiger partial charge in [0, 0.05) is 4.47 Å². The van der Waals surface area contributed by atoms with Gasteiger partial charge in [-0.2, -0.15) is 9.67 Å². The highest BCUT2D eigenvalue weighted by atomic mass is 79.9. The number of aromatic hydroxyl groups is 1. The number of carbonyl (C=O) groups excluding carboxylic acids is 1. The number of halogens is 1. The summed E-state index contributed by atoms with van der Waals surface area (Å²) in [5.74, 6) is -0.294. The molecule has 33 heavy (non-hydrogen) atoms. The number of rotatable bonds is 7. The SMILES string of the molecule is O=C(CSc1n[nH]c(-c2ccccc2)[n+]1-c1ccc(Br)cc1)N/N=C/c1ccc([O-])c(O)c1. The van der Waals surface area contributed by atoms with Crippen molar-refractivity contribution >= 4 is 39.8 Å². The Bertz CT molecular complexity index is 1290. The number of amides is 1. The van der Waals surface area contributed by atoms with E-state index in [4.69, 9.17) is 0 Å². The molecule has 0 aliphatic carbocycles. The molecule has 0 radical (unpaired) electrons. The molecule has 166 valence electrons. The van der Waals surface area contributed by atoms with Gasteiger partial charge in [-0.25, -0.2) is 5.43 Å². The molecule has 0 spiro atoms. The van der Waals surface area contributed by atoms with E-state index in [0.717, 1.165) is 21.5 Å². The highest BCUT2D eigenvalue weighted by molar-refractivity contribution is 9.10. The minimum absolute atomic E-state index is 0.0811. The highest BCUT2D eigenvalue weighted by Gasteiger charge is 2.24. The van der Waals surface area contributed by atoms with Gasteiger partial charge in [0.15, 0.2) is 0 Å². The molecule has 0 saturated carbocycles. The lowest BCUT2D eigenvalue weighted by Crippen LogP contribution is -2.34.